The molecular formula is C36H56FLaN3O13-2. The summed E-state index contributed by atoms with van der Waals surface area (Å²) >= 11 is 0. The Hall–Kier alpha value is -1.90. The molecule has 6 fully saturated rings. The number of amides is 3. The maximum absolute atomic E-state index is 14.9. The first-order valence-corrected chi connectivity index (χ1v) is 18.1. The Morgan fingerprint density at radius 2 is 1.72 bits per heavy atom. The van der Waals surface area contributed by atoms with Crippen molar-refractivity contribution in [3.05, 3.63) is 26.5 Å². The van der Waals surface area contributed by atoms with Gasteiger partial charge in [-0.3, -0.25) is 25.1 Å². The van der Waals surface area contributed by atoms with Crippen molar-refractivity contribution in [1.29, 1.82) is 0 Å². The first kappa shape index (κ1) is 46.5. The van der Waals surface area contributed by atoms with Crippen molar-refractivity contribution >= 4 is 24.1 Å². The second-order valence-electron chi connectivity index (χ2n) is 14.7. The molecule has 6 heterocycles. The fourth-order valence-electron chi connectivity index (χ4n) is 8.36. The number of alkyl carbamates (subject to hydrolysis) is 1. The molecule has 18 heteroatoms. The summed E-state index contributed by atoms with van der Waals surface area (Å²) in [7, 11) is 0. The maximum atomic E-state index is 14.9. The van der Waals surface area contributed by atoms with E-state index in [9.17, 15) is 28.7 Å². The Balaban J connectivity index is 0.00000261. The number of hydrogen-bond acceptors (Lipinski definition) is 13. The van der Waals surface area contributed by atoms with E-state index in [1.165, 1.54) is 6.92 Å². The van der Waals surface area contributed by atoms with E-state index in [1.54, 1.807) is 6.92 Å². The quantitative estimate of drug-likeness (QED) is 0.0865. The van der Waals surface area contributed by atoms with Crippen molar-refractivity contribution in [3.63, 3.8) is 0 Å². The van der Waals surface area contributed by atoms with Gasteiger partial charge in [-0.2, -0.15) is 0 Å². The molecule has 2 bridgehead atoms. The molecule has 54 heavy (non-hydrogen) atoms. The Labute approximate surface area is 344 Å². The third-order valence-corrected chi connectivity index (χ3v) is 11.2. The summed E-state index contributed by atoms with van der Waals surface area (Å²) in [5.74, 6) is -3.61. The SMILES string of the molecule is CCCCCOC(=O)NC1=C(F)CN([C@H]2O[C@H](C)[C@@H](OC(=O)CCC(=O)O[C@@H]3O[C@@H]4O[C@@]5(C)CC[C@H]6[C@H](C)CC[C@@H]([C@H]3C)[C@@]46OO5)[C@H]2O)C(=O)N1.[CH3-].[CH3-].[La]. The van der Waals surface area contributed by atoms with E-state index >= 15 is 0 Å². The van der Waals surface area contributed by atoms with Crippen LogP contribution in [0.4, 0.5) is 14.0 Å². The number of carbonyl (C=O) groups is 4. The minimum Gasteiger partial charge on any atom is -0.457 e. The van der Waals surface area contributed by atoms with E-state index in [-0.39, 0.29) is 87.7 Å². The number of ether oxygens (including phenoxy) is 6. The van der Waals surface area contributed by atoms with Crippen LogP contribution in [-0.2, 0) is 47.8 Å². The van der Waals surface area contributed by atoms with Gasteiger partial charge in [0, 0.05) is 53.9 Å². The van der Waals surface area contributed by atoms with Gasteiger partial charge in [0.1, 0.15) is 6.10 Å². The van der Waals surface area contributed by atoms with Crippen LogP contribution in [0.5, 0.6) is 0 Å². The number of nitrogens with one attached hydrogen (secondary N) is 2. The molecule has 1 saturated carbocycles. The molecule has 0 aromatic rings. The van der Waals surface area contributed by atoms with Gasteiger partial charge in [0.25, 0.3) is 0 Å². The Kier molecular flexibility index (Phi) is 16.4. The molecule has 12 atom stereocenters. The van der Waals surface area contributed by atoms with Crippen molar-refractivity contribution < 1.29 is 102 Å². The number of esters is 2. The second kappa shape index (κ2) is 19.0. The number of unbranched alkanes of at least 4 members (excludes halogenated alkanes) is 2. The van der Waals surface area contributed by atoms with Crippen molar-refractivity contribution in [3.8, 4) is 0 Å². The van der Waals surface area contributed by atoms with Crippen molar-refractivity contribution in [1.82, 2.24) is 15.5 Å². The molecule has 7 aliphatic rings. The van der Waals surface area contributed by atoms with Crippen molar-refractivity contribution in [2.75, 3.05) is 13.2 Å². The summed E-state index contributed by atoms with van der Waals surface area (Å²) < 4.78 is 49.4. The van der Waals surface area contributed by atoms with Gasteiger partial charge in [0.05, 0.1) is 32.1 Å². The van der Waals surface area contributed by atoms with Gasteiger partial charge in [-0.1, -0.05) is 33.6 Å². The zero-order valence-corrected chi connectivity index (χ0v) is 35.9. The number of nitrogens with zero attached hydrogens (tertiary/aromatic N) is 1. The molecule has 0 aromatic carbocycles. The summed E-state index contributed by atoms with van der Waals surface area (Å²) in [4.78, 5) is 63.5. The summed E-state index contributed by atoms with van der Waals surface area (Å²) in [5.41, 5.74) is -0.809. The van der Waals surface area contributed by atoms with Crippen molar-refractivity contribution in [2.45, 2.75) is 141 Å². The Morgan fingerprint density at radius 3 is 2.43 bits per heavy atom. The second-order valence-corrected chi connectivity index (χ2v) is 14.7. The van der Waals surface area contributed by atoms with Gasteiger partial charge >= 0.3 is 24.1 Å². The van der Waals surface area contributed by atoms with Gasteiger partial charge in [-0.15, -0.1) is 0 Å². The van der Waals surface area contributed by atoms with E-state index in [1.807, 2.05) is 13.8 Å². The molecule has 3 amide bonds. The molecule has 7 rings (SSSR count). The van der Waals surface area contributed by atoms with Crippen LogP contribution in [0, 0.1) is 74.1 Å². The molecular weight excluding hydrogens is 840 g/mol. The molecule has 1 radical (unpaired) electrons. The molecule has 1 spiro atoms. The molecule has 0 unspecified atom stereocenters. The molecule has 6 aliphatic heterocycles. The number of fused-ring (bicyclic) bond motifs is 2. The number of urea groups is 1. The zero-order valence-electron chi connectivity index (χ0n) is 32.3. The van der Waals surface area contributed by atoms with E-state index in [4.69, 9.17) is 38.2 Å². The van der Waals surface area contributed by atoms with Crippen LogP contribution in [0.2, 0.25) is 0 Å². The van der Waals surface area contributed by atoms with Crippen LogP contribution in [0.25, 0.3) is 0 Å². The number of halogens is 1. The number of rotatable bonds is 11. The number of hydrogen-bond donors (Lipinski definition) is 3. The van der Waals surface area contributed by atoms with Crippen LogP contribution in [0.1, 0.15) is 92.4 Å². The van der Waals surface area contributed by atoms with Gasteiger partial charge in [-0.05, 0) is 51.4 Å². The number of aliphatic hydroxyl groups excluding tert-OH is 1. The number of aliphatic hydroxyl groups is 1. The van der Waals surface area contributed by atoms with Gasteiger partial charge < -0.3 is 48.4 Å². The summed E-state index contributed by atoms with van der Waals surface area (Å²) in [5, 5.41) is 15.4. The Morgan fingerprint density at radius 1 is 1.02 bits per heavy atom. The minimum absolute atomic E-state index is 0. The van der Waals surface area contributed by atoms with Crippen LogP contribution in [0.15, 0.2) is 11.6 Å². The molecule has 0 aromatic heterocycles. The standard InChI is InChI=1S/C34H50FN3O13.2CH3.La/c1-6-7-8-15-44-32(43)37-27-22(35)16-38(31(42)36-27)28-25(41)26(19(4)45-28)46-23(39)11-12-24(40)47-29-18(3)21-10-9-17(2)20-13-14-33(5)49-30(48-29)34(20,21)51-50-33;;;/h17-21,25-26,28-30,41H,6-16H2,1-5H3,(H,36,42)(H,37,43);2*1H3;/q;2*-1;/t17-,18-,19-,20+,21+,25-,26-,28+,29-,30-,33-,34-;;;/m1.../s1. The van der Waals surface area contributed by atoms with Crippen LogP contribution in [-0.4, -0.2) is 95.7 Å². The predicted molar refractivity (Wildman–Crippen MR) is 183 cm³/mol. The average molecular weight is 897 g/mol. The monoisotopic (exact) mass is 896 g/mol. The summed E-state index contributed by atoms with van der Waals surface area (Å²) in [6.07, 6.45) is -2.60. The van der Waals surface area contributed by atoms with Gasteiger partial charge in [-0.25, -0.2) is 23.8 Å². The smallest absolute Gasteiger partial charge is 0.412 e. The predicted octanol–water partition coefficient (Wildman–Crippen LogP) is 4.52. The van der Waals surface area contributed by atoms with Crippen LogP contribution in [0.3, 0.4) is 0 Å². The fraction of sp³-hybridized carbons (Fsp3) is 0.778. The number of carbonyl (C=O) groups excluding carboxylic acids is 4. The normalized spacial score (nSPS) is 38.0. The third kappa shape index (κ3) is 9.28. The molecule has 1 aliphatic carbocycles. The van der Waals surface area contributed by atoms with Crippen LogP contribution >= 0.6 is 0 Å². The summed E-state index contributed by atoms with van der Waals surface area (Å²) in [6, 6.07) is -0.859. The topological polar surface area (TPSA) is 190 Å². The minimum atomic E-state index is -1.54. The molecule has 3 N–H and O–H groups in total. The molecule has 305 valence electrons. The van der Waals surface area contributed by atoms with Gasteiger partial charge in [0.2, 0.25) is 12.1 Å². The maximum Gasteiger partial charge on any atom is 0.412 e. The van der Waals surface area contributed by atoms with Crippen LogP contribution < -0.4 is 10.6 Å². The summed E-state index contributed by atoms with van der Waals surface area (Å²) in [6.45, 7) is 8.99. The first-order valence-electron chi connectivity index (χ1n) is 18.1. The van der Waals surface area contributed by atoms with E-state index < -0.39 is 90.8 Å². The molecule has 5 saturated heterocycles. The van der Waals surface area contributed by atoms with E-state index in [2.05, 4.69) is 17.6 Å². The third-order valence-electron chi connectivity index (χ3n) is 11.2. The van der Waals surface area contributed by atoms with E-state index in [0.717, 1.165) is 37.0 Å². The Bertz CT molecular complexity index is 1390. The first-order chi connectivity index (χ1) is 24.3. The molecule has 16 nitrogen and oxygen atoms in total. The largest absolute Gasteiger partial charge is 0.457 e. The van der Waals surface area contributed by atoms with E-state index in [0.29, 0.717) is 18.8 Å². The zero-order chi connectivity index (χ0) is 36.7. The average Bonchev–Trinajstić information content (AvgIpc) is 3.19. The fourth-order valence-corrected chi connectivity index (χ4v) is 8.36. The van der Waals surface area contributed by atoms with Gasteiger partial charge in [0.15, 0.2) is 35.9 Å². The van der Waals surface area contributed by atoms with Crippen molar-refractivity contribution in [2.24, 2.45) is 23.7 Å².